The number of nitrogens with zero attached hydrogens (tertiary/aromatic N) is 2. The van der Waals surface area contributed by atoms with Gasteiger partial charge in [-0.05, 0) is 54.7 Å². The van der Waals surface area contributed by atoms with Crippen molar-refractivity contribution in [1.29, 1.82) is 0 Å². The van der Waals surface area contributed by atoms with Crippen molar-refractivity contribution in [2.24, 2.45) is 4.99 Å². The van der Waals surface area contributed by atoms with Crippen LogP contribution in [0.15, 0.2) is 41.9 Å². The van der Waals surface area contributed by atoms with Gasteiger partial charge in [-0.1, -0.05) is 30.9 Å². The summed E-state index contributed by atoms with van der Waals surface area (Å²) in [4.78, 5) is 6.78. The highest BCUT2D eigenvalue weighted by Gasteiger charge is 2.21. The summed E-state index contributed by atoms with van der Waals surface area (Å²) in [6, 6.07) is 10.9. The average molecular weight is 349 g/mol. The molecule has 0 unspecified atom stereocenters. The number of nitrogens with one attached hydrogen (secondary N) is 1. The lowest BCUT2D eigenvalue weighted by atomic mass is 9.89. The first-order valence-electron chi connectivity index (χ1n) is 9.09. The molecule has 2 aromatic rings. The quantitative estimate of drug-likeness (QED) is 0.623. The number of rotatable bonds is 5. The van der Waals surface area contributed by atoms with E-state index in [1.807, 2.05) is 0 Å². The summed E-state index contributed by atoms with van der Waals surface area (Å²) < 4.78 is 0. The first-order chi connectivity index (χ1) is 12.5. The summed E-state index contributed by atoms with van der Waals surface area (Å²) in [5.74, 6) is 0.168. The van der Waals surface area contributed by atoms with Crippen LogP contribution < -0.4 is 5.32 Å². The van der Waals surface area contributed by atoms with Crippen LogP contribution in [0.1, 0.15) is 30.5 Å². The summed E-state index contributed by atoms with van der Waals surface area (Å²) in [6.07, 6.45) is 4.32. The van der Waals surface area contributed by atoms with E-state index in [0.29, 0.717) is 11.7 Å². The Balaban J connectivity index is 2.06. The fourth-order valence-electron chi connectivity index (χ4n) is 3.56. The molecule has 1 aliphatic rings. The van der Waals surface area contributed by atoms with Gasteiger partial charge in [-0.3, -0.25) is 4.90 Å². The lowest BCUT2D eigenvalue weighted by Gasteiger charge is -2.33. The Bertz CT molecular complexity index is 840. The van der Waals surface area contributed by atoms with Gasteiger partial charge in [0.15, 0.2) is 0 Å². The molecule has 0 saturated heterocycles. The van der Waals surface area contributed by atoms with Gasteiger partial charge in [0.2, 0.25) is 0 Å². The molecule has 0 radical (unpaired) electrons. The molecule has 0 bridgehead atoms. The van der Waals surface area contributed by atoms with Crippen LogP contribution in [-0.4, -0.2) is 36.0 Å². The van der Waals surface area contributed by atoms with E-state index in [0.717, 1.165) is 30.6 Å². The van der Waals surface area contributed by atoms with E-state index < -0.39 is 0 Å². The molecule has 0 saturated carbocycles. The molecule has 2 aromatic carbocycles. The van der Waals surface area contributed by atoms with Crippen molar-refractivity contribution in [3.8, 4) is 16.9 Å². The van der Waals surface area contributed by atoms with Gasteiger partial charge in [0.25, 0.3) is 0 Å². The molecule has 2 N–H and O–H groups in total. The predicted octanol–water partition coefficient (Wildman–Crippen LogP) is 4.35. The number of hydrogen-bond donors (Lipinski definition) is 2. The highest BCUT2D eigenvalue weighted by Crippen LogP contribution is 2.39. The number of phenolic OH excluding ortho intramolecular Hbond substituents is 1. The summed E-state index contributed by atoms with van der Waals surface area (Å²) >= 11 is 0. The van der Waals surface area contributed by atoms with Crippen LogP contribution >= 0.6 is 0 Å². The van der Waals surface area contributed by atoms with Gasteiger partial charge in [0, 0.05) is 31.7 Å². The minimum Gasteiger partial charge on any atom is -0.506 e. The van der Waals surface area contributed by atoms with Gasteiger partial charge in [0.1, 0.15) is 11.4 Å². The maximum absolute atomic E-state index is 10.5. The molecule has 0 spiro atoms. The molecule has 136 valence electrons. The summed E-state index contributed by atoms with van der Waals surface area (Å²) in [6.45, 7) is 10.4. The molecule has 0 atom stereocenters. The van der Waals surface area contributed by atoms with E-state index in [1.165, 1.54) is 16.7 Å². The molecule has 4 heteroatoms. The topological polar surface area (TPSA) is 47.9 Å². The van der Waals surface area contributed by atoms with Crippen molar-refractivity contribution in [1.82, 2.24) is 10.2 Å². The molecule has 0 fully saturated rings. The minimum absolute atomic E-state index is 0.168. The number of hydrogen-bond acceptors (Lipinski definition) is 3. The first-order valence-corrected chi connectivity index (χ1v) is 9.09. The molecule has 0 amide bonds. The zero-order valence-electron chi connectivity index (χ0n) is 15.8. The van der Waals surface area contributed by atoms with E-state index in [9.17, 15) is 5.11 Å². The van der Waals surface area contributed by atoms with Gasteiger partial charge in [0.05, 0.1) is 6.34 Å². The van der Waals surface area contributed by atoms with Gasteiger partial charge in [-0.15, -0.1) is 0 Å². The van der Waals surface area contributed by atoms with Gasteiger partial charge >= 0.3 is 0 Å². The van der Waals surface area contributed by atoms with Crippen LogP contribution in [0.25, 0.3) is 17.2 Å². The monoisotopic (exact) mass is 349 g/mol. The molecule has 1 aliphatic heterocycles. The fourth-order valence-corrected chi connectivity index (χ4v) is 3.56. The van der Waals surface area contributed by atoms with E-state index in [1.54, 1.807) is 25.5 Å². The van der Waals surface area contributed by atoms with Gasteiger partial charge in [-0.2, -0.15) is 0 Å². The van der Waals surface area contributed by atoms with E-state index in [2.05, 4.69) is 59.9 Å². The van der Waals surface area contributed by atoms with Crippen LogP contribution in [0.4, 0.5) is 5.69 Å². The predicted molar refractivity (Wildman–Crippen MR) is 110 cm³/mol. The van der Waals surface area contributed by atoms with Crippen LogP contribution in [0.5, 0.6) is 5.75 Å². The first kappa shape index (κ1) is 18.2. The maximum atomic E-state index is 10.5. The van der Waals surface area contributed by atoms with Crippen molar-refractivity contribution in [2.75, 3.05) is 13.6 Å². The standard InChI is InChI=1S/C22H27N3O/c1-5-16-11-18(12-21(26)22(16)24-14-23-4)19-8-6-7-17-13-25(15(2)3)10-9-20(17)19/h5-8,11-12,14-15,26H,1,9-10,13H2,2-4H3,(H,23,24). The highest BCUT2D eigenvalue weighted by atomic mass is 16.3. The third kappa shape index (κ3) is 3.51. The van der Waals surface area contributed by atoms with Crippen molar-refractivity contribution < 1.29 is 5.11 Å². The van der Waals surface area contributed by atoms with Crippen molar-refractivity contribution in [3.05, 3.63) is 53.6 Å². The van der Waals surface area contributed by atoms with Gasteiger partial charge in [-0.25, -0.2) is 4.99 Å². The van der Waals surface area contributed by atoms with Crippen LogP contribution in [0, 0.1) is 0 Å². The smallest absolute Gasteiger partial charge is 0.142 e. The number of aromatic hydroxyl groups is 1. The van der Waals surface area contributed by atoms with Crippen molar-refractivity contribution in [3.63, 3.8) is 0 Å². The molecule has 0 aliphatic carbocycles. The number of fused-ring (bicyclic) bond motifs is 1. The Labute approximate surface area is 155 Å². The lowest BCUT2D eigenvalue weighted by molar-refractivity contribution is 0.203. The highest BCUT2D eigenvalue weighted by molar-refractivity contribution is 5.81. The van der Waals surface area contributed by atoms with Crippen LogP contribution in [0.2, 0.25) is 0 Å². The third-order valence-electron chi connectivity index (χ3n) is 5.00. The summed E-state index contributed by atoms with van der Waals surface area (Å²) in [7, 11) is 1.78. The van der Waals surface area contributed by atoms with Crippen molar-refractivity contribution >= 4 is 18.1 Å². The number of aliphatic imine (C=N–C) groups is 1. The largest absolute Gasteiger partial charge is 0.506 e. The van der Waals surface area contributed by atoms with Gasteiger partial charge < -0.3 is 10.4 Å². The molecule has 3 rings (SSSR count). The zero-order valence-corrected chi connectivity index (χ0v) is 15.8. The minimum atomic E-state index is 0.168. The second-order valence-corrected chi connectivity index (χ2v) is 6.94. The van der Waals surface area contributed by atoms with Crippen LogP contribution in [-0.2, 0) is 13.0 Å². The van der Waals surface area contributed by atoms with E-state index in [-0.39, 0.29) is 5.75 Å². The second kappa shape index (κ2) is 7.75. The Hall–Kier alpha value is -2.59. The number of benzene rings is 2. The van der Waals surface area contributed by atoms with E-state index >= 15 is 0 Å². The number of phenols is 1. The average Bonchev–Trinajstić information content (AvgIpc) is 2.65. The second-order valence-electron chi connectivity index (χ2n) is 6.94. The zero-order chi connectivity index (χ0) is 18.7. The molecule has 1 heterocycles. The fraction of sp³-hybridized carbons (Fsp3) is 0.318. The Morgan fingerprint density at radius 1 is 1.31 bits per heavy atom. The van der Waals surface area contributed by atoms with Crippen LogP contribution in [0.3, 0.4) is 0 Å². The maximum Gasteiger partial charge on any atom is 0.142 e. The Morgan fingerprint density at radius 3 is 2.81 bits per heavy atom. The Morgan fingerprint density at radius 2 is 2.12 bits per heavy atom. The van der Waals surface area contributed by atoms with Crippen molar-refractivity contribution in [2.45, 2.75) is 32.9 Å². The summed E-state index contributed by atoms with van der Waals surface area (Å²) in [5.41, 5.74) is 6.31. The molecule has 0 aromatic heterocycles. The summed E-state index contributed by atoms with van der Waals surface area (Å²) in [5, 5.41) is 13.4. The normalized spacial score (nSPS) is 14.6. The lowest BCUT2D eigenvalue weighted by Crippen LogP contribution is -2.36. The molecular formula is C22H27N3O. The SMILES string of the molecule is C=Cc1cc(-c2cccc3c2CCN(C(C)C)C3)cc(O)c1/N=C\NC. The molecule has 26 heavy (non-hydrogen) atoms. The molecular weight excluding hydrogens is 322 g/mol. The molecule has 4 nitrogen and oxygen atoms in total. The van der Waals surface area contributed by atoms with E-state index in [4.69, 9.17) is 0 Å². The Kier molecular flexibility index (Phi) is 5.43. The third-order valence-corrected chi connectivity index (χ3v) is 5.00.